The van der Waals surface area contributed by atoms with Crippen molar-refractivity contribution in [2.24, 2.45) is 0 Å². The third-order valence-corrected chi connectivity index (χ3v) is 0.614. The molecule has 0 aromatic heterocycles. The largest absolute Gasteiger partial charge is 0.478 e. The molecule has 0 saturated heterocycles. The topological polar surface area (TPSA) is 66.8 Å². The highest BCUT2D eigenvalue weighted by atomic mass is 16.5. The summed E-state index contributed by atoms with van der Waals surface area (Å²) in [6.45, 7) is 9.08. The summed E-state index contributed by atoms with van der Waals surface area (Å²) < 4.78 is 4.17. The molecule has 0 unspecified atom stereocenters. The normalized spacial score (nSPS) is 7.62. The second-order valence-electron chi connectivity index (χ2n) is 3.20. The fourth-order valence-electron chi connectivity index (χ4n) is 0.117. The van der Waals surface area contributed by atoms with Crippen LogP contribution in [0.15, 0.2) is 25.0 Å². The zero-order valence-corrected chi connectivity index (χ0v) is 10.6. The number of hydrogen-bond acceptors (Lipinski definition) is 4. The molecule has 16 heavy (non-hydrogen) atoms. The van der Waals surface area contributed by atoms with Gasteiger partial charge in [0.05, 0.1) is 6.26 Å². The van der Waals surface area contributed by atoms with E-state index in [1.54, 1.807) is 0 Å². The molecule has 0 aromatic carbocycles. The van der Waals surface area contributed by atoms with Crippen LogP contribution in [0.1, 0.15) is 13.8 Å². The Labute approximate surface area is 97.0 Å². The predicted octanol–water partition coefficient (Wildman–Crippen LogP) is 1.52. The molecule has 0 radical (unpaired) electrons. The van der Waals surface area contributed by atoms with Crippen LogP contribution in [0.3, 0.4) is 0 Å². The summed E-state index contributed by atoms with van der Waals surface area (Å²) in [5.74, 6) is -1.26. The molecule has 0 spiro atoms. The van der Waals surface area contributed by atoms with E-state index in [9.17, 15) is 9.59 Å². The van der Waals surface area contributed by atoms with Gasteiger partial charge in [0.15, 0.2) is 0 Å². The van der Waals surface area contributed by atoms with E-state index in [1.165, 1.54) is 13.8 Å². The molecule has 0 bridgehead atoms. The van der Waals surface area contributed by atoms with Gasteiger partial charge in [-0.2, -0.15) is 0 Å². The van der Waals surface area contributed by atoms with E-state index < -0.39 is 5.97 Å². The van der Waals surface area contributed by atoms with Gasteiger partial charge in [-0.1, -0.05) is 13.2 Å². The van der Waals surface area contributed by atoms with Crippen molar-refractivity contribution < 1.29 is 19.4 Å². The van der Waals surface area contributed by atoms with Crippen molar-refractivity contribution in [2.75, 3.05) is 21.1 Å². The molecule has 0 atom stereocenters. The quantitative estimate of drug-likeness (QED) is 0.443. The maximum absolute atomic E-state index is 9.75. The minimum absolute atomic E-state index is 0.176. The van der Waals surface area contributed by atoms with Crippen molar-refractivity contribution >= 4 is 11.9 Å². The molecule has 0 rings (SSSR count). The molecule has 0 heterocycles. The lowest BCUT2D eigenvalue weighted by Gasteiger charge is -1.90. The Balaban J connectivity index is -0.000000162. The molecule has 0 amide bonds. The van der Waals surface area contributed by atoms with Crippen LogP contribution < -0.4 is 0 Å². The van der Waals surface area contributed by atoms with Crippen molar-refractivity contribution in [1.29, 1.82) is 0 Å². The first-order valence-corrected chi connectivity index (χ1v) is 4.43. The number of carbonyl (C=O) groups excluding carboxylic acids is 1. The third-order valence-electron chi connectivity index (χ3n) is 0.614. The molecule has 0 aliphatic rings. The number of rotatable bonds is 2. The number of aliphatic carboxylic acids is 1. The number of nitrogens with zero attached hydrogens (tertiary/aromatic N) is 1. The van der Waals surface area contributed by atoms with Crippen molar-refractivity contribution in [1.82, 2.24) is 4.90 Å². The average molecular weight is 231 g/mol. The highest BCUT2D eigenvalue weighted by Crippen LogP contribution is 1.81. The Hall–Kier alpha value is -1.62. The summed E-state index contributed by atoms with van der Waals surface area (Å²) in [5.41, 5.74) is 0.176. The first-order valence-electron chi connectivity index (χ1n) is 4.43. The van der Waals surface area contributed by atoms with E-state index in [2.05, 4.69) is 17.9 Å². The highest BCUT2D eigenvalue weighted by molar-refractivity contribution is 5.84. The molecular formula is C11H21NO4. The van der Waals surface area contributed by atoms with Crippen LogP contribution in [0.2, 0.25) is 0 Å². The number of hydrogen-bond donors (Lipinski definition) is 1. The molecule has 0 aliphatic heterocycles. The van der Waals surface area contributed by atoms with Crippen LogP contribution in [0.4, 0.5) is 0 Å². The standard InChI is InChI=1S/2C4H6O2.C3H9N/c1-3-6-4(2)5;1-3(2)4(5)6;1-4(2)3/h3H,1H2,2H3;1H2,2H3,(H,5,6);1-3H3. The number of carboxylic acids is 1. The van der Waals surface area contributed by atoms with Crippen LogP contribution in [-0.2, 0) is 14.3 Å². The van der Waals surface area contributed by atoms with Gasteiger partial charge in [0.2, 0.25) is 0 Å². The van der Waals surface area contributed by atoms with E-state index in [0.717, 1.165) is 6.26 Å². The highest BCUT2D eigenvalue weighted by Gasteiger charge is 1.90. The maximum Gasteiger partial charge on any atom is 0.330 e. The summed E-state index contributed by atoms with van der Waals surface area (Å²) in [6.07, 6.45) is 1.10. The summed E-state index contributed by atoms with van der Waals surface area (Å²) in [7, 11) is 6.00. The predicted molar refractivity (Wildman–Crippen MR) is 64.0 cm³/mol. The van der Waals surface area contributed by atoms with Gasteiger partial charge in [0.25, 0.3) is 0 Å². The molecule has 5 heteroatoms. The van der Waals surface area contributed by atoms with Gasteiger partial charge in [-0.05, 0) is 28.1 Å². The van der Waals surface area contributed by atoms with Gasteiger partial charge in [-0.3, -0.25) is 4.79 Å². The molecule has 5 nitrogen and oxygen atoms in total. The Bertz CT molecular complexity index is 219. The van der Waals surface area contributed by atoms with E-state index in [4.69, 9.17) is 5.11 Å². The molecule has 0 saturated carbocycles. The van der Waals surface area contributed by atoms with Crippen LogP contribution in [-0.4, -0.2) is 43.1 Å². The molecule has 0 aliphatic carbocycles. The molecular weight excluding hydrogens is 210 g/mol. The second kappa shape index (κ2) is 13.4. The van der Waals surface area contributed by atoms with Crippen molar-refractivity contribution in [2.45, 2.75) is 13.8 Å². The van der Waals surface area contributed by atoms with Gasteiger partial charge in [-0.25, -0.2) is 4.79 Å². The summed E-state index contributed by atoms with van der Waals surface area (Å²) in [4.78, 5) is 21.3. The fourth-order valence-corrected chi connectivity index (χ4v) is 0.117. The monoisotopic (exact) mass is 231 g/mol. The Kier molecular flexibility index (Phi) is 16.6. The zero-order valence-electron chi connectivity index (χ0n) is 10.6. The molecule has 0 fully saturated rings. The SMILES string of the molecule is C=C(C)C(=O)O.C=COC(C)=O.CN(C)C. The minimum atomic E-state index is -0.935. The van der Waals surface area contributed by atoms with Gasteiger partial charge >= 0.3 is 11.9 Å². The minimum Gasteiger partial charge on any atom is -0.478 e. The lowest BCUT2D eigenvalue weighted by Crippen LogP contribution is -1.99. The maximum atomic E-state index is 9.75. The average Bonchev–Trinajstić information content (AvgIpc) is 2.03. The van der Waals surface area contributed by atoms with E-state index in [0.29, 0.717) is 0 Å². The second-order valence-corrected chi connectivity index (χ2v) is 3.20. The first-order chi connectivity index (χ1) is 7.14. The van der Waals surface area contributed by atoms with Crippen LogP contribution in [0.25, 0.3) is 0 Å². The first kappa shape index (κ1) is 19.9. The number of ether oxygens (including phenoxy) is 1. The summed E-state index contributed by atoms with van der Waals surface area (Å²) >= 11 is 0. The van der Waals surface area contributed by atoms with Crippen LogP contribution in [0.5, 0.6) is 0 Å². The van der Waals surface area contributed by atoms with Crippen molar-refractivity contribution in [3.63, 3.8) is 0 Å². The zero-order chi connectivity index (χ0) is 13.7. The Morgan fingerprint density at radius 1 is 1.25 bits per heavy atom. The number of carbonyl (C=O) groups is 2. The van der Waals surface area contributed by atoms with E-state index >= 15 is 0 Å². The molecule has 0 aromatic rings. The van der Waals surface area contributed by atoms with Gasteiger partial charge in [-0.15, -0.1) is 0 Å². The lowest BCUT2D eigenvalue weighted by molar-refractivity contribution is -0.135. The number of esters is 1. The van der Waals surface area contributed by atoms with Crippen LogP contribution in [0, 0.1) is 0 Å². The van der Waals surface area contributed by atoms with Crippen molar-refractivity contribution in [3.05, 3.63) is 25.0 Å². The summed E-state index contributed by atoms with van der Waals surface area (Å²) in [6, 6.07) is 0. The van der Waals surface area contributed by atoms with Gasteiger partial charge in [0.1, 0.15) is 0 Å². The van der Waals surface area contributed by atoms with Crippen molar-refractivity contribution in [3.8, 4) is 0 Å². The lowest BCUT2D eigenvalue weighted by atomic mass is 10.4. The fraction of sp³-hybridized carbons (Fsp3) is 0.455. The van der Waals surface area contributed by atoms with Crippen LogP contribution >= 0.6 is 0 Å². The summed E-state index contributed by atoms with van der Waals surface area (Å²) in [5, 5.41) is 7.89. The Morgan fingerprint density at radius 2 is 1.50 bits per heavy atom. The molecule has 1 N–H and O–H groups in total. The van der Waals surface area contributed by atoms with E-state index in [-0.39, 0.29) is 11.5 Å². The van der Waals surface area contributed by atoms with Gasteiger partial charge in [0, 0.05) is 12.5 Å². The Morgan fingerprint density at radius 3 is 1.50 bits per heavy atom. The number of carboxylic acid groups (broad SMARTS) is 1. The van der Waals surface area contributed by atoms with Gasteiger partial charge < -0.3 is 14.7 Å². The smallest absolute Gasteiger partial charge is 0.330 e. The van der Waals surface area contributed by atoms with E-state index in [1.807, 2.05) is 26.0 Å². The third kappa shape index (κ3) is 55.4. The molecule has 94 valence electrons.